The van der Waals surface area contributed by atoms with E-state index in [9.17, 15) is 9.59 Å². The van der Waals surface area contributed by atoms with Crippen molar-refractivity contribution in [3.05, 3.63) is 48.1 Å². The molecular formula is C27H39O6+. The number of unbranched alkanes of at least 4 members (excludes halogenated alkanes) is 3. The summed E-state index contributed by atoms with van der Waals surface area (Å²) in [6.45, 7) is 8.23. The summed E-state index contributed by atoms with van der Waals surface area (Å²) in [5, 5.41) is 0. The monoisotopic (exact) mass is 459 g/mol. The van der Waals surface area contributed by atoms with Crippen LogP contribution in [0.15, 0.2) is 42.5 Å². The number of carbonyl (C=O) groups excluding carboxylic acids is 2. The lowest BCUT2D eigenvalue weighted by molar-refractivity contribution is -0.182. The summed E-state index contributed by atoms with van der Waals surface area (Å²) in [4.78, 5) is 21.4. The van der Waals surface area contributed by atoms with E-state index in [-0.39, 0.29) is 12.1 Å². The Bertz CT molecular complexity index is 761. The highest BCUT2D eigenvalue weighted by Crippen LogP contribution is 2.21. The van der Waals surface area contributed by atoms with Crippen LogP contribution < -0.4 is 4.74 Å². The SMILES string of the molecule is C=C(C)C(=[OH+])OCCCCCCOc1ccc(/C=C/C(=O)OC(C)OC2CCCCC2)cc1. The van der Waals surface area contributed by atoms with E-state index in [4.69, 9.17) is 18.9 Å². The van der Waals surface area contributed by atoms with Crippen LogP contribution in [0.3, 0.4) is 0 Å². The second-order valence-corrected chi connectivity index (χ2v) is 8.50. The minimum Gasteiger partial charge on any atom is -0.494 e. The molecule has 1 unspecified atom stereocenters. The molecule has 2 rings (SSSR count). The maximum atomic E-state index is 12.0. The topological polar surface area (TPSA) is 75.4 Å². The van der Waals surface area contributed by atoms with Gasteiger partial charge in [0.25, 0.3) is 0 Å². The van der Waals surface area contributed by atoms with Crippen LogP contribution in [0.2, 0.25) is 0 Å². The fraction of sp³-hybridized carbons (Fsp3) is 0.556. The van der Waals surface area contributed by atoms with Crippen molar-refractivity contribution in [1.82, 2.24) is 0 Å². The van der Waals surface area contributed by atoms with Gasteiger partial charge < -0.3 is 23.7 Å². The molecule has 1 aromatic rings. The minimum atomic E-state index is -0.532. The van der Waals surface area contributed by atoms with E-state index in [0.717, 1.165) is 49.8 Å². The van der Waals surface area contributed by atoms with Gasteiger partial charge in [0.2, 0.25) is 6.29 Å². The van der Waals surface area contributed by atoms with Gasteiger partial charge in [-0.1, -0.05) is 38.0 Å². The number of ether oxygens (including phenoxy) is 4. The standard InChI is InChI=1S/C27H38O6/c1-21(2)27(29)31-20-10-5-4-9-19-30-24-16-13-23(14-17-24)15-18-26(28)33-22(3)32-25-11-7-6-8-12-25/h13-18,22,25H,1,4-12,19-20H2,2-3H3/p+1/b18-15+. The zero-order chi connectivity index (χ0) is 23.9. The summed E-state index contributed by atoms with van der Waals surface area (Å²) in [6.07, 6.45) is 12.4. The Morgan fingerprint density at radius 1 is 1.09 bits per heavy atom. The van der Waals surface area contributed by atoms with Crippen molar-refractivity contribution in [2.24, 2.45) is 0 Å². The molecule has 0 amide bonds. The zero-order valence-corrected chi connectivity index (χ0v) is 20.1. The summed E-state index contributed by atoms with van der Waals surface area (Å²) in [5.74, 6) is 0.317. The first-order valence-corrected chi connectivity index (χ1v) is 12.1. The Hall–Kier alpha value is -2.60. The highest BCUT2D eigenvalue weighted by molar-refractivity contribution is 5.88. The molecule has 0 aromatic heterocycles. The zero-order valence-electron chi connectivity index (χ0n) is 20.1. The molecule has 1 atom stereocenters. The van der Waals surface area contributed by atoms with Crippen molar-refractivity contribution in [3.8, 4) is 5.75 Å². The molecule has 1 fully saturated rings. The Balaban J connectivity index is 1.57. The first kappa shape index (κ1) is 26.7. The fourth-order valence-electron chi connectivity index (χ4n) is 3.58. The average Bonchev–Trinajstić information content (AvgIpc) is 2.80. The van der Waals surface area contributed by atoms with E-state index < -0.39 is 12.3 Å². The van der Waals surface area contributed by atoms with E-state index in [0.29, 0.717) is 18.8 Å². The molecule has 0 saturated heterocycles. The smallest absolute Gasteiger partial charge is 0.494 e. The van der Waals surface area contributed by atoms with E-state index in [1.807, 2.05) is 24.3 Å². The molecule has 1 N–H and O–H groups in total. The lowest BCUT2D eigenvalue weighted by Gasteiger charge is -2.25. The number of esters is 2. The largest absolute Gasteiger partial charge is 0.512 e. The molecule has 1 aliphatic rings. The minimum absolute atomic E-state index is 0.0771. The molecule has 0 bridgehead atoms. The third-order valence-corrected chi connectivity index (χ3v) is 5.42. The predicted octanol–water partition coefficient (Wildman–Crippen LogP) is 5.97. The maximum Gasteiger partial charge on any atom is 0.512 e. The van der Waals surface area contributed by atoms with Gasteiger partial charge in [-0.2, -0.15) is 0 Å². The van der Waals surface area contributed by atoms with Gasteiger partial charge in [0, 0.05) is 12.5 Å². The Labute approximate surface area is 197 Å². The second-order valence-electron chi connectivity index (χ2n) is 8.50. The summed E-state index contributed by atoms with van der Waals surface area (Å²) >= 11 is 0. The van der Waals surface area contributed by atoms with E-state index in [2.05, 4.69) is 6.58 Å². The number of benzene rings is 1. The Morgan fingerprint density at radius 3 is 2.42 bits per heavy atom. The Kier molecular flexibility index (Phi) is 12.3. The summed E-state index contributed by atoms with van der Waals surface area (Å²) in [6, 6.07) is 7.60. The van der Waals surface area contributed by atoms with Crippen molar-refractivity contribution < 1.29 is 28.5 Å². The van der Waals surface area contributed by atoms with Crippen LogP contribution in [-0.2, 0) is 19.0 Å². The van der Waals surface area contributed by atoms with Crippen LogP contribution in [0, 0.1) is 0 Å². The predicted molar refractivity (Wildman–Crippen MR) is 131 cm³/mol. The molecular weight excluding hydrogens is 420 g/mol. The fourth-order valence-corrected chi connectivity index (χ4v) is 3.58. The second kappa shape index (κ2) is 15.3. The molecule has 1 aliphatic carbocycles. The quantitative estimate of drug-likeness (QED) is 0.113. The molecule has 1 saturated carbocycles. The molecule has 0 heterocycles. The first-order chi connectivity index (χ1) is 15.9. The average molecular weight is 460 g/mol. The lowest BCUT2D eigenvalue weighted by atomic mass is 9.98. The van der Waals surface area contributed by atoms with Crippen molar-refractivity contribution in [2.45, 2.75) is 84.0 Å². The van der Waals surface area contributed by atoms with Gasteiger partial charge in [-0.3, -0.25) is 0 Å². The van der Waals surface area contributed by atoms with Crippen molar-refractivity contribution in [3.63, 3.8) is 0 Å². The van der Waals surface area contributed by atoms with Crippen molar-refractivity contribution in [1.29, 1.82) is 0 Å². The third-order valence-electron chi connectivity index (χ3n) is 5.42. The van der Waals surface area contributed by atoms with Crippen LogP contribution in [0.25, 0.3) is 6.08 Å². The normalized spacial score (nSPS) is 15.2. The molecule has 182 valence electrons. The van der Waals surface area contributed by atoms with Gasteiger partial charge in [-0.15, -0.1) is 0 Å². The van der Waals surface area contributed by atoms with Gasteiger partial charge in [-0.25, -0.2) is 4.79 Å². The molecule has 6 nitrogen and oxygen atoms in total. The third kappa shape index (κ3) is 11.7. The maximum absolute atomic E-state index is 12.0. The van der Waals surface area contributed by atoms with Crippen molar-refractivity contribution in [2.75, 3.05) is 13.2 Å². The van der Waals surface area contributed by atoms with Crippen LogP contribution in [0.4, 0.5) is 0 Å². The summed E-state index contributed by atoms with van der Waals surface area (Å²) in [7, 11) is 0. The van der Waals surface area contributed by atoms with E-state index in [1.165, 1.54) is 25.3 Å². The van der Waals surface area contributed by atoms with Gasteiger partial charge in [-0.05, 0) is 69.7 Å². The van der Waals surface area contributed by atoms with E-state index in [1.54, 1.807) is 19.9 Å². The van der Waals surface area contributed by atoms with Gasteiger partial charge >= 0.3 is 11.9 Å². The number of hydrogen-bond acceptors (Lipinski definition) is 5. The van der Waals surface area contributed by atoms with Crippen LogP contribution in [-0.4, -0.2) is 42.3 Å². The molecule has 33 heavy (non-hydrogen) atoms. The number of rotatable bonds is 14. The summed E-state index contributed by atoms with van der Waals surface area (Å²) < 4.78 is 22.1. The summed E-state index contributed by atoms with van der Waals surface area (Å²) in [5.41, 5.74) is 1.44. The first-order valence-electron chi connectivity index (χ1n) is 12.1. The van der Waals surface area contributed by atoms with Gasteiger partial charge in [0.1, 0.15) is 5.75 Å². The molecule has 1 aromatic carbocycles. The molecule has 0 radical (unpaired) electrons. The Morgan fingerprint density at radius 2 is 1.76 bits per heavy atom. The number of carbonyl (C=O) groups is 1. The van der Waals surface area contributed by atoms with Crippen LogP contribution in [0.1, 0.15) is 77.2 Å². The van der Waals surface area contributed by atoms with Gasteiger partial charge in [0.05, 0.1) is 18.3 Å². The number of hydrogen-bond donors (Lipinski definition) is 0. The lowest BCUT2D eigenvalue weighted by Crippen LogP contribution is -2.25. The van der Waals surface area contributed by atoms with Crippen molar-refractivity contribution >= 4 is 18.0 Å². The highest BCUT2D eigenvalue weighted by Gasteiger charge is 2.18. The molecule has 6 heteroatoms. The highest BCUT2D eigenvalue weighted by atomic mass is 16.7. The van der Waals surface area contributed by atoms with E-state index >= 15 is 0 Å². The van der Waals surface area contributed by atoms with Crippen LogP contribution >= 0.6 is 0 Å². The van der Waals surface area contributed by atoms with Gasteiger partial charge in [0.15, 0.2) is 6.61 Å². The van der Waals surface area contributed by atoms with Crippen LogP contribution in [0.5, 0.6) is 5.75 Å². The molecule has 0 spiro atoms. The molecule has 0 aliphatic heterocycles.